The summed E-state index contributed by atoms with van der Waals surface area (Å²) in [6.45, 7) is 6.52. The van der Waals surface area contributed by atoms with Crippen LogP contribution in [-0.2, 0) is 19.1 Å². The molecule has 0 radical (unpaired) electrons. The minimum Gasteiger partial charge on any atom is -0.481 e. The normalized spacial score (nSPS) is 42.4. The Kier molecular flexibility index (Phi) is 5.61. The average molecular weight is 417 g/mol. The highest BCUT2D eigenvalue weighted by molar-refractivity contribution is 5.95. The highest BCUT2D eigenvalue weighted by Crippen LogP contribution is 2.66. The van der Waals surface area contributed by atoms with E-state index in [1.54, 1.807) is 6.92 Å². The Bertz CT molecular complexity index is 770. The first-order valence-corrected chi connectivity index (χ1v) is 11.8. The lowest BCUT2D eigenvalue weighted by molar-refractivity contribution is -0.162. The van der Waals surface area contributed by atoms with Gasteiger partial charge >= 0.3 is 11.9 Å². The summed E-state index contributed by atoms with van der Waals surface area (Å²) in [6.07, 6.45) is 10.6. The van der Waals surface area contributed by atoms with E-state index in [4.69, 9.17) is 9.84 Å². The number of fused-ring (bicyclic) bond motifs is 5. The molecule has 0 amide bonds. The van der Waals surface area contributed by atoms with Crippen molar-refractivity contribution in [3.63, 3.8) is 0 Å². The van der Waals surface area contributed by atoms with Gasteiger partial charge in [-0.15, -0.1) is 0 Å². The average Bonchev–Trinajstić information content (AvgIpc) is 3.04. The molecule has 5 heteroatoms. The number of carboxylic acids is 1. The van der Waals surface area contributed by atoms with Crippen LogP contribution in [-0.4, -0.2) is 28.9 Å². The first-order chi connectivity index (χ1) is 14.1. The maximum Gasteiger partial charge on any atom is 0.306 e. The van der Waals surface area contributed by atoms with Gasteiger partial charge in [-0.3, -0.25) is 14.4 Å². The van der Waals surface area contributed by atoms with Crippen molar-refractivity contribution >= 4 is 17.7 Å². The summed E-state index contributed by atoms with van der Waals surface area (Å²) in [6, 6.07) is 0. The van der Waals surface area contributed by atoms with Crippen molar-refractivity contribution in [2.24, 2.45) is 34.5 Å². The highest BCUT2D eigenvalue weighted by Gasteiger charge is 2.59. The van der Waals surface area contributed by atoms with Gasteiger partial charge in [0.2, 0.25) is 0 Å². The number of aliphatic carboxylic acids is 1. The van der Waals surface area contributed by atoms with E-state index < -0.39 is 5.97 Å². The smallest absolute Gasteiger partial charge is 0.306 e. The number of carboxylic acid groups (broad SMARTS) is 1. The molecule has 0 aromatic heterocycles. The van der Waals surface area contributed by atoms with Crippen molar-refractivity contribution in [1.82, 2.24) is 0 Å². The quantitative estimate of drug-likeness (QED) is 0.643. The van der Waals surface area contributed by atoms with E-state index in [0.29, 0.717) is 23.7 Å². The van der Waals surface area contributed by atoms with Crippen LogP contribution in [0.3, 0.4) is 0 Å². The highest BCUT2D eigenvalue weighted by atomic mass is 16.5. The van der Waals surface area contributed by atoms with Crippen LogP contribution in [0.2, 0.25) is 0 Å². The Labute approximate surface area is 179 Å². The van der Waals surface area contributed by atoms with Crippen LogP contribution < -0.4 is 0 Å². The third-order valence-corrected chi connectivity index (χ3v) is 9.42. The molecule has 3 fully saturated rings. The predicted octanol–water partition coefficient (Wildman–Crippen LogP) is 4.93. The molecule has 3 saturated carbocycles. The first-order valence-electron chi connectivity index (χ1n) is 11.8. The molecule has 4 aliphatic carbocycles. The number of allylic oxidation sites excluding steroid dienone is 2. The van der Waals surface area contributed by atoms with Crippen LogP contribution in [0.1, 0.15) is 85.0 Å². The molecule has 30 heavy (non-hydrogen) atoms. The van der Waals surface area contributed by atoms with Crippen molar-refractivity contribution in [3.05, 3.63) is 11.6 Å². The van der Waals surface area contributed by atoms with Gasteiger partial charge in [-0.05, 0) is 98.4 Å². The second-order valence-electron chi connectivity index (χ2n) is 10.8. The van der Waals surface area contributed by atoms with E-state index in [0.717, 1.165) is 37.7 Å². The summed E-state index contributed by atoms with van der Waals surface area (Å²) in [7, 11) is 0. The molecule has 7 atom stereocenters. The molecule has 0 aliphatic heterocycles. The molecular weight excluding hydrogens is 380 g/mol. The second kappa shape index (κ2) is 7.80. The number of rotatable bonds is 5. The molecule has 0 saturated heterocycles. The molecule has 0 aromatic rings. The van der Waals surface area contributed by atoms with Crippen LogP contribution in [0.25, 0.3) is 0 Å². The fourth-order valence-electron chi connectivity index (χ4n) is 7.89. The van der Waals surface area contributed by atoms with Crippen molar-refractivity contribution < 1.29 is 24.2 Å². The minimum absolute atomic E-state index is 0.0375. The summed E-state index contributed by atoms with van der Waals surface area (Å²) >= 11 is 0. The molecule has 4 rings (SSSR count). The van der Waals surface area contributed by atoms with Crippen LogP contribution in [0.5, 0.6) is 0 Å². The second-order valence-corrected chi connectivity index (χ2v) is 10.8. The lowest BCUT2D eigenvalue weighted by atomic mass is 9.44. The summed E-state index contributed by atoms with van der Waals surface area (Å²) in [5.74, 6) is 1.46. The number of esters is 1. The van der Waals surface area contributed by atoms with E-state index >= 15 is 0 Å². The minimum atomic E-state index is -0.958. The zero-order chi connectivity index (χ0) is 21.7. The molecule has 166 valence electrons. The van der Waals surface area contributed by atoms with Crippen LogP contribution in [0, 0.1) is 34.5 Å². The summed E-state index contributed by atoms with van der Waals surface area (Å²) < 4.78 is 5.65. The van der Waals surface area contributed by atoms with E-state index in [2.05, 4.69) is 19.9 Å². The Morgan fingerprint density at radius 3 is 2.53 bits per heavy atom. The Morgan fingerprint density at radius 2 is 1.83 bits per heavy atom. The van der Waals surface area contributed by atoms with E-state index in [-0.39, 0.29) is 41.5 Å². The number of Topliss-reactive ketones (excluding diaryl/α,β-unsaturated/α-hetero) is 1. The van der Waals surface area contributed by atoms with Gasteiger partial charge in [0.1, 0.15) is 6.10 Å². The summed E-state index contributed by atoms with van der Waals surface area (Å²) in [5.41, 5.74) is 1.43. The largest absolute Gasteiger partial charge is 0.481 e. The zero-order valence-corrected chi connectivity index (χ0v) is 18.6. The van der Waals surface area contributed by atoms with Gasteiger partial charge in [0.15, 0.2) is 5.78 Å². The van der Waals surface area contributed by atoms with Crippen LogP contribution >= 0.6 is 0 Å². The van der Waals surface area contributed by atoms with Crippen molar-refractivity contribution in [2.45, 2.75) is 91.1 Å². The number of hydrogen-bond acceptors (Lipinski definition) is 4. The van der Waals surface area contributed by atoms with Crippen molar-refractivity contribution in [2.75, 3.05) is 0 Å². The van der Waals surface area contributed by atoms with Gasteiger partial charge in [-0.2, -0.15) is 0 Å². The lowest BCUT2D eigenvalue weighted by Crippen LogP contribution is -2.54. The number of hydrogen-bond donors (Lipinski definition) is 1. The summed E-state index contributed by atoms with van der Waals surface area (Å²) in [4.78, 5) is 34.9. The molecular formula is C25H36O5. The third kappa shape index (κ3) is 3.52. The van der Waals surface area contributed by atoms with Crippen molar-refractivity contribution in [1.29, 1.82) is 0 Å². The molecule has 4 aliphatic rings. The molecule has 0 bridgehead atoms. The zero-order valence-electron chi connectivity index (χ0n) is 18.6. The van der Waals surface area contributed by atoms with E-state index in [1.165, 1.54) is 19.3 Å². The number of ketones is 1. The molecule has 0 spiro atoms. The third-order valence-electron chi connectivity index (χ3n) is 9.42. The van der Waals surface area contributed by atoms with Gasteiger partial charge < -0.3 is 9.84 Å². The molecule has 5 nitrogen and oxygen atoms in total. The Balaban J connectivity index is 1.42. The van der Waals surface area contributed by atoms with Crippen LogP contribution in [0.15, 0.2) is 11.6 Å². The van der Waals surface area contributed by atoms with E-state index in [9.17, 15) is 14.4 Å². The molecule has 0 aromatic carbocycles. The maximum absolute atomic E-state index is 12.2. The van der Waals surface area contributed by atoms with Gasteiger partial charge in [0.05, 0.1) is 12.8 Å². The maximum atomic E-state index is 12.2. The topological polar surface area (TPSA) is 80.7 Å². The predicted molar refractivity (Wildman–Crippen MR) is 113 cm³/mol. The SMILES string of the molecule is CC(=O)C1=CC[C@H]2[C@@H]3CC[C@H]4C[C@H](OC(=O)CCC(=O)O)CC[C@]4(C)[C@H]3CC[C@]12C. The first kappa shape index (κ1) is 21.6. The summed E-state index contributed by atoms with van der Waals surface area (Å²) in [5, 5.41) is 8.77. The Morgan fingerprint density at radius 1 is 1.07 bits per heavy atom. The monoisotopic (exact) mass is 416 g/mol. The molecule has 0 heterocycles. The van der Waals surface area contributed by atoms with E-state index in [1.807, 2.05) is 0 Å². The van der Waals surface area contributed by atoms with Gasteiger partial charge in [0.25, 0.3) is 0 Å². The standard InChI is InChI=1S/C25H36O5/c1-15(26)19-6-7-20-18-5-4-16-14-17(30-23(29)9-8-22(27)28)10-12-24(16,2)21(18)11-13-25(19,20)3/h6,16-18,20-21H,4-5,7-14H2,1-3H3,(H,27,28)/t16-,17+,18-,20-,21-,24-,25+/m0/s1. The molecule has 1 N–H and O–H groups in total. The van der Waals surface area contributed by atoms with Crippen LogP contribution in [0.4, 0.5) is 0 Å². The van der Waals surface area contributed by atoms with Gasteiger partial charge in [0, 0.05) is 0 Å². The fourth-order valence-corrected chi connectivity index (χ4v) is 7.89. The van der Waals surface area contributed by atoms with Crippen molar-refractivity contribution in [3.8, 4) is 0 Å². The number of carbonyl (C=O) groups excluding carboxylic acids is 2. The number of ether oxygens (including phenoxy) is 1. The lowest BCUT2D eigenvalue weighted by Gasteiger charge is -2.60. The van der Waals surface area contributed by atoms with Gasteiger partial charge in [-0.25, -0.2) is 0 Å². The fraction of sp³-hybridized carbons (Fsp3) is 0.800. The Hall–Kier alpha value is -1.65. The number of carbonyl (C=O) groups is 3. The molecule has 0 unspecified atom stereocenters. The van der Waals surface area contributed by atoms with Gasteiger partial charge in [-0.1, -0.05) is 19.9 Å².